The van der Waals surface area contributed by atoms with E-state index in [1.54, 1.807) is 29.6 Å². The van der Waals surface area contributed by atoms with E-state index in [0.717, 1.165) is 58.1 Å². The summed E-state index contributed by atoms with van der Waals surface area (Å²) in [6.07, 6.45) is 3.13. The first-order valence-corrected chi connectivity index (χ1v) is 13.3. The molecule has 2 atom stereocenters. The topological polar surface area (TPSA) is 91.8 Å². The van der Waals surface area contributed by atoms with E-state index in [0.29, 0.717) is 24.5 Å². The molecule has 3 aromatic heterocycles. The van der Waals surface area contributed by atoms with Gasteiger partial charge in [0.05, 0.1) is 28.0 Å². The predicted molar refractivity (Wildman–Crippen MR) is 140 cm³/mol. The Morgan fingerprint density at radius 1 is 1.12 bits per heavy atom. The number of nitrogens with zero attached hydrogens (tertiary/aromatic N) is 3. The highest BCUT2D eigenvalue weighted by molar-refractivity contribution is 7.21. The van der Waals surface area contributed by atoms with Gasteiger partial charge in [-0.3, -0.25) is 4.79 Å². The number of thiazole rings is 1. The highest BCUT2D eigenvalue weighted by Gasteiger charge is 2.27. The van der Waals surface area contributed by atoms with Crippen LogP contribution in [0.4, 0.5) is 11.8 Å². The lowest BCUT2D eigenvalue weighted by Crippen LogP contribution is -2.27. The van der Waals surface area contributed by atoms with Crippen molar-refractivity contribution < 1.29 is 4.79 Å². The minimum absolute atomic E-state index is 0.0300. The molecule has 1 fully saturated rings. The molecule has 1 saturated carbocycles. The normalized spacial score (nSPS) is 17.7. The van der Waals surface area contributed by atoms with Crippen molar-refractivity contribution in [3.05, 3.63) is 52.3 Å². The predicted octanol–water partition coefficient (Wildman–Crippen LogP) is 5.45. The van der Waals surface area contributed by atoms with Gasteiger partial charge in [0, 0.05) is 24.4 Å². The van der Waals surface area contributed by atoms with Gasteiger partial charge in [0.2, 0.25) is 11.9 Å². The molecule has 4 aromatic rings. The second kappa shape index (κ2) is 10.1. The molecule has 3 N–H and O–H groups in total. The van der Waals surface area contributed by atoms with Crippen molar-refractivity contribution in [1.29, 1.82) is 0 Å². The minimum atomic E-state index is 0.0300. The van der Waals surface area contributed by atoms with Crippen LogP contribution in [0.2, 0.25) is 0 Å². The van der Waals surface area contributed by atoms with Crippen molar-refractivity contribution >= 4 is 50.6 Å². The van der Waals surface area contributed by atoms with Gasteiger partial charge in [-0.25, -0.2) is 9.97 Å². The highest BCUT2D eigenvalue weighted by Crippen LogP contribution is 2.37. The van der Waals surface area contributed by atoms with Crippen molar-refractivity contribution in [2.75, 3.05) is 17.2 Å². The van der Waals surface area contributed by atoms with Gasteiger partial charge in [0.25, 0.3) is 0 Å². The summed E-state index contributed by atoms with van der Waals surface area (Å²) in [5.74, 6) is 1.95. The van der Waals surface area contributed by atoms with E-state index in [1.807, 2.05) is 25.1 Å². The molecule has 9 heteroatoms. The molecule has 0 bridgehead atoms. The van der Waals surface area contributed by atoms with E-state index >= 15 is 0 Å². The number of carbonyl (C=O) groups excluding carboxylic acids is 1. The standard InChI is InChI=1S/C25H28N6OS2/c1-15-22(24-30-20-7-3-4-8-21(20)34-24)23(29-18-10-9-17(12-18)13-26-16(2)32)31-25(28-15)27-14-19-6-5-11-33-19/h3-8,11,17-18H,9-10,12-14H2,1-2H3,(H,26,32)(H2,27,28,29,31)/t17-,18+/m1/s1. The molecule has 0 unspecified atom stereocenters. The summed E-state index contributed by atoms with van der Waals surface area (Å²) in [6.45, 7) is 5.02. The molecule has 34 heavy (non-hydrogen) atoms. The summed E-state index contributed by atoms with van der Waals surface area (Å²) in [4.78, 5) is 27.1. The van der Waals surface area contributed by atoms with Crippen LogP contribution in [0, 0.1) is 12.8 Å². The first kappa shape index (κ1) is 22.7. The Kier molecular flexibility index (Phi) is 6.73. The Labute approximate surface area is 207 Å². The maximum Gasteiger partial charge on any atom is 0.225 e. The summed E-state index contributed by atoms with van der Waals surface area (Å²) in [6, 6.07) is 12.6. The number of thiophene rings is 1. The zero-order valence-corrected chi connectivity index (χ0v) is 20.9. The monoisotopic (exact) mass is 492 g/mol. The second-order valence-electron chi connectivity index (χ2n) is 8.73. The molecule has 1 aliphatic carbocycles. The van der Waals surface area contributed by atoms with Crippen LogP contribution in [-0.4, -0.2) is 33.4 Å². The fourth-order valence-corrected chi connectivity index (χ4v) is 6.15. The van der Waals surface area contributed by atoms with Crippen LogP contribution in [0.5, 0.6) is 0 Å². The van der Waals surface area contributed by atoms with Crippen LogP contribution in [0.1, 0.15) is 36.8 Å². The van der Waals surface area contributed by atoms with E-state index in [9.17, 15) is 4.79 Å². The van der Waals surface area contributed by atoms with Crippen molar-refractivity contribution in [3.63, 3.8) is 0 Å². The molecule has 5 rings (SSSR count). The van der Waals surface area contributed by atoms with E-state index in [4.69, 9.17) is 15.0 Å². The largest absolute Gasteiger partial charge is 0.367 e. The number of hydrogen-bond donors (Lipinski definition) is 3. The van der Waals surface area contributed by atoms with Gasteiger partial charge in [0.1, 0.15) is 10.8 Å². The zero-order chi connectivity index (χ0) is 23.5. The van der Waals surface area contributed by atoms with E-state index in [-0.39, 0.29) is 5.91 Å². The molecule has 3 heterocycles. The fraction of sp³-hybridized carbons (Fsp3) is 0.360. The SMILES string of the molecule is CC(=O)NC[C@@H]1CC[C@H](Nc2nc(NCc3cccs3)nc(C)c2-c2nc3ccccc3s2)C1. The smallest absolute Gasteiger partial charge is 0.225 e. The number of para-hydroxylation sites is 1. The number of benzene rings is 1. The van der Waals surface area contributed by atoms with Crippen LogP contribution in [-0.2, 0) is 11.3 Å². The molecule has 7 nitrogen and oxygen atoms in total. The lowest BCUT2D eigenvalue weighted by molar-refractivity contribution is -0.119. The van der Waals surface area contributed by atoms with Crippen molar-refractivity contribution in [3.8, 4) is 10.6 Å². The number of rotatable bonds is 8. The van der Waals surface area contributed by atoms with Crippen LogP contribution in [0.3, 0.4) is 0 Å². The lowest BCUT2D eigenvalue weighted by Gasteiger charge is -2.18. The third kappa shape index (κ3) is 5.20. The fourth-order valence-electron chi connectivity index (χ4n) is 4.44. The summed E-state index contributed by atoms with van der Waals surface area (Å²) in [5, 5.41) is 13.1. The molecule has 0 spiro atoms. The first-order chi connectivity index (χ1) is 16.5. The van der Waals surface area contributed by atoms with Gasteiger partial charge in [0.15, 0.2) is 0 Å². The highest BCUT2D eigenvalue weighted by atomic mass is 32.1. The minimum Gasteiger partial charge on any atom is -0.367 e. The number of fused-ring (bicyclic) bond motifs is 1. The second-order valence-corrected chi connectivity index (χ2v) is 10.8. The van der Waals surface area contributed by atoms with E-state index in [1.165, 1.54) is 4.88 Å². The Balaban J connectivity index is 1.43. The summed E-state index contributed by atoms with van der Waals surface area (Å²) >= 11 is 3.38. The summed E-state index contributed by atoms with van der Waals surface area (Å²) < 4.78 is 1.15. The number of hydrogen-bond acceptors (Lipinski definition) is 8. The van der Waals surface area contributed by atoms with E-state index in [2.05, 4.69) is 39.5 Å². The Hall–Kier alpha value is -3.04. The third-order valence-electron chi connectivity index (χ3n) is 6.12. The molecule has 176 valence electrons. The van der Waals surface area contributed by atoms with Gasteiger partial charge in [-0.2, -0.15) is 4.98 Å². The molecule has 0 aliphatic heterocycles. The van der Waals surface area contributed by atoms with Crippen LogP contribution >= 0.6 is 22.7 Å². The molecule has 1 amide bonds. The number of amides is 1. The van der Waals surface area contributed by atoms with E-state index < -0.39 is 0 Å². The first-order valence-electron chi connectivity index (χ1n) is 11.6. The molecule has 0 saturated heterocycles. The molecular weight excluding hydrogens is 464 g/mol. The molecule has 1 aromatic carbocycles. The number of carbonyl (C=O) groups is 1. The summed E-state index contributed by atoms with van der Waals surface area (Å²) in [7, 11) is 0. The quantitative estimate of drug-likeness (QED) is 0.303. The Morgan fingerprint density at radius 2 is 2.00 bits per heavy atom. The van der Waals surface area contributed by atoms with Crippen LogP contribution in [0.25, 0.3) is 20.8 Å². The van der Waals surface area contributed by atoms with Gasteiger partial charge in [-0.1, -0.05) is 18.2 Å². The molecule has 0 radical (unpaired) electrons. The average Bonchev–Trinajstić information content (AvgIpc) is 3.57. The van der Waals surface area contributed by atoms with Gasteiger partial charge in [-0.05, 0) is 55.7 Å². The van der Waals surface area contributed by atoms with Crippen LogP contribution < -0.4 is 16.0 Å². The average molecular weight is 493 g/mol. The van der Waals surface area contributed by atoms with Crippen molar-refractivity contribution in [2.45, 2.75) is 45.7 Å². The molecule has 1 aliphatic rings. The summed E-state index contributed by atoms with van der Waals surface area (Å²) in [5.41, 5.74) is 2.86. The van der Waals surface area contributed by atoms with Crippen molar-refractivity contribution in [2.24, 2.45) is 5.92 Å². The number of anilines is 2. The Bertz CT molecular complexity index is 1250. The number of aromatic nitrogens is 3. The van der Waals surface area contributed by atoms with Crippen LogP contribution in [0.15, 0.2) is 41.8 Å². The van der Waals surface area contributed by atoms with Crippen molar-refractivity contribution in [1.82, 2.24) is 20.3 Å². The van der Waals surface area contributed by atoms with Gasteiger partial charge < -0.3 is 16.0 Å². The number of nitrogens with one attached hydrogen (secondary N) is 3. The Morgan fingerprint density at radius 3 is 2.79 bits per heavy atom. The van der Waals surface area contributed by atoms with Gasteiger partial charge in [-0.15, -0.1) is 22.7 Å². The lowest BCUT2D eigenvalue weighted by atomic mass is 10.1. The maximum atomic E-state index is 11.3. The zero-order valence-electron chi connectivity index (χ0n) is 19.3. The maximum absolute atomic E-state index is 11.3. The molecular formula is C25H28N6OS2. The third-order valence-corrected chi connectivity index (χ3v) is 8.05. The van der Waals surface area contributed by atoms with Gasteiger partial charge >= 0.3 is 0 Å². The number of aryl methyl sites for hydroxylation is 1.